The molecule has 2 N–H and O–H groups in total. The first kappa shape index (κ1) is 12.4. The molecule has 0 aliphatic heterocycles. The molecule has 0 saturated carbocycles. The van der Waals surface area contributed by atoms with E-state index in [4.69, 9.17) is 11.6 Å². The number of aromatic nitrogens is 4. The van der Waals surface area contributed by atoms with E-state index in [1.165, 1.54) is 12.3 Å². The summed E-state index contributed by atoms with van der Waals surface area (Å²) in [4.78, 5) is 11.6. The molecule has 2 aromatic rings. The molecule has 0 unspecified atom stereocenters. The molecule has 0 bridgehead atoms. The zero-order chi connectivity index (χ0) is 13.1. The lowest BCUT2D eigenvalue weighted by Crippen LogP contribution is -2.06. The molecule has 94 valence electrons. The number of anilines is 1. The second kappa shape index (κ2) is 5.05. The molecule has 2 aromatic heterocycles. The van der Waals surface area contributed by atoms with Crippen molar-refractivity contribution in [1.29, 1.82) is 0 Å². The molecular weight excluding hydrogens is 254 g/mol. The van der Waals surface area contributed by atoms with Crippen molar-refractivity contribution in [3.63, 3.8) is 0 Å². The van der Waals surface area contributed by atoms with E-state index >= 15 is 0 Å². The van der Waals surface area contributed by atoms with Crippen LogP contribution in [0.1, 0.15) is 11.3 Å². The summed E-state index contributed by atoms with van der Waals surface area (Å²) >= 11 is 6.04. The molecule has 1 amide bonds. The molecule has 0 atom stereocenters. The summed E-state index contributed by atoms with van der Waals surface area (Å²) in [7, 11) is 1.75. The number of aryl methyl sites for hydroxylation is 2. The van der Waals surface area contributed by atoms with E-state index in [1.807, 2.05) is 6.92 Å². The highest BCUT2D eigenvalue weighted by Gasteiger charge is 2.08. The summed E-state index contributed by atoms with van der Waals surface area (Å²) in [5, 5.41) is 13.6. The Balaban J connectivity index is 2.09. The molecule has 0 aromatic carbocycles. The Labute approximate surface area is 109 Å². The van der Waals surface area contributed by atoms with Crippen LogP contribution >= 0.6 is 11.6 Å². The number of carbonyl (C=O) groups is 1. The first-order valence-corrected chi connectivity index (χ1v) is 5.62. The third kappa shape index (κ3) is 2.60. The third-order valence-corrected chi connectivity index (χ3v) is 2.81. The molecule has 6 nitrogen and oxygen atoms in total. The number of rotatable bonds is 3. The Bertz CT molecular complexity index is 585. The van der Waals surface area contributed by atoms with Crippen molar-refractivity contribution < 1.29 is 4.79 Å². The van der Waals surface area contributed by atoms with Gasteiger partial charge in [0.25, 0.3) is 0 Å². The van der Waals surface area contributed by atoms with Gasteiger partial charge in [-0.3, -0.25) is 14.6 Å². The van der Waals surface area contributed by atoms with Crippen LogP contribution in [0.5, 0.6) is 0 Å². The van der Waals surface area contributed by atoms with E-state index in [-0.39, 0.29) is 5.91 Å². The van der Waals surface area contributed by atoms with Crippen molar-refractivity contribution in [2.24, 2.45) is 7.05 Å². The minimum atomic E-state index is -0.254. The summed E-state index contributed by atoms with van der Waals surface area (Å²) in [5.41, 5.74) is 2.12. The van der Waals surface area contributed by atoms with E-state index in [9.17, 15) is 4.79 Å². The molecule has 0 aliphatic rings. The summed E-state index contributed by atoms with van der Waals surface area (Å²) in [5.74, 6) is -0.254. The highest BCUT2D eigenvalue weighted by atomic mass is 35.5. The Morgan fingerprint density at radius 1 is 1.61 bits per heavy atom. The first-order chi connectivity index (χ1) is 8.58. The minimum absolute atomic E-state index is 0.254. The van der Waals surface area contributed by atoms with Gasteiger partial charge in [0.15, 0.2) is 0 Å². The second-order valence-corrected chi connectivity index (χ2v) is 4.08. The normalized spacial score (nSPS) is 11.1. The maximum absolute atomic E-state index is 11.6. The van der Waals surface area contributed by atoms with E-state index in [1.54, 1.807) is 24.0 Å². The Morgan fingerprint density at radius 3 is 2.94 bits per heavy atom. The largest absolute Gasteiger partial charge is 0.320 e. The van der Waals surface area contributed by atoms with Crippen LogP contribution < -0.4 is 5.32 Å². The fourth-order valence-electron chi connectivity index (χ4n) is 1.50. The number of nitrogens with zero attached hydrogens (tertiary/aromatic N) is 3. The second-order valence-electron chi connectivity index (χ2n) is 3.72. The van der Waals surface area contributed by atoms with Crippen molar-refractivity contribution in [1.82, 2.24) is 20.0 Å². The van der Waals surface area contributed by atoms with Gasteiger partial charge < -0.3 is 5.32 Å². The van der Waals surface area contributed by atoms with Gasteiger partial charge in [-0.05, 0) is 13.0 Å². The fourth-order valence-corrected chi connectivity index (χ4v) is 1.74. The predicted molar refractivity (Wildman–Crippen MR) is 69.2 cm³/mol. The van der Waals surface area contributed by atoms with Crippen LogP contribution in [0.4, 0.5) is 5.69 Å². The number of nitrogens with one attached hydrogen (secondary N) is 2. The van der Waals surface area contributed by atoms with Crippen molar-refractivity contribution >= 4 is 29.3 Å². The lowest BCUT2D eigenvalue weighted by molar-refractivity contribution is -0.111. The summed E-state index contributed by atoms with van der Waals surface area (Å²) < 4.78 is 1.56. The highest BCUT2D eigenvalue weighted by Crippen LogP contribution is 2.19. The lowest BCUT2D eigenvalue weighted by atomic mass is 10.2. The monoisotopic (exact) mass is 265 g/mol. The summed E-state index contributed by atoms with van der Waals surface area (Å²) in [6, 6.07) is 0. The maximum Gasteiger partial charge on any atom is 0.248 e. The molecular formula is C11H12ClN5O. The third-order valence-electron chi connectivity index (χ3n) is 2.36. The van der Waals surface area contributed by atoms with Gasteiger partial charge >= 0.3 is 0 Å². The number of aromatic amines is 1. The average molecular weight is 266 g/mol. The van der Waals surface area contributed by atoms with Crippen LogP contribution in [0, 0.1) is 6.92 Å². The fraction of sp³-hybridized carbons (Fsp3) is 0.182. The van der Waals surface area contributed by atoms with Crippen LogP contribution in [-0.4, -0.2) is 25.9 Å². The smallest absolute Gasteiger partial charge is 0.248 e. The molecule has 18 heavy (non-hydrogen) atoms. The number of halogens is 1. The van der Waals surface area contributed by atoms with Crippen LogP contribution in [0.15, 0.2) is 18.5 Å². The van der Waals surface area contributed by atoms with Gasteiger partial charge in [0.2, 0.25) is 5.91 Å². The van der Waals surface area contributed by atoms with Crippen LogP contribution in [0.2, 0.25) is 5.15 Å². The van der Waals surface area contributed by atoms with Gasteiger partial charge in [-0.15, -0.1) is 0 Å². The Kier molecular flexibility index (Phi) is 3.47. The van der Waals surface area contributed by atoms with E-state index in [0.29, 0.717) is 10.8 Å². The SMILES string of the molecule is Cc1nn(C)c(Cl)c1/C=C/C(=O)Nc1cn[nH]c1. The lowest BCUT2D eigenvalue weighted by Gasteiger charge is -1.96. The molecule has 0 radical (unpaired) electrons. The van der Waals surface area contributed by atoms with Gasteiger partial charge in [-0.25, -0.2) is 0 Å². The average Bonchev–Trinajstić information content (AvgIpc) is 2.88. The molecule has 2 rings (SSSR count). The van der Waals surface area contributed by atoms with Crippen molar-refractivity contribution in [2.45, 2.75) is 6.92 Å². The molecule has 0 spiro atoms. The summed E-state index contributed by atoms with van der Waals surface area (Å²) in [6.45, 7) is 1.83. The topological polar surface area (TPSA) is 75.6 Å². The Morgan fingerprint density at radius 2 is 2.39 bits per heavy atom. The van der Waals surface area contributed by atoms with Crippen molar-refractivity contribution in [2.75, 3.05) is 5.32 Å². The number of carbonyl (C=O) groups excluding carboxylic acids is 1. The van der Waals surface area contributed by atoms with Crippen molar-refractivity contribution in [3.8, 4) is 0 Å². The van der Waals surface area contributed by atoms with Gasteiger partial charge in [0.1, 0.15) is 5.15 Å². The molecule has 7 heteroatoms. The minimum Gasteiger partial charge on any atom is -0.320 e. The number of hydrogen-bond donors (Lipinski definition) is 2. The number of hydrogen-bond acceptors (Lipinski definition) is 3. The van der Waals surface area contributed by atoms with E-state index in [2.05, 4.69) is 20.6 Å². The van der Waals surface area contributed by atoms with Crippen LogP contribution in [0.3, 0.4) is 0 Å². The van der Waals surface area contributed by atoms with E-state index < -0.39 is 0 Å². The van der Waals surface area contributed by atoms with Crippen molar-refractivity contribution in [3.05, 3.63) is 34.9 Å². The first-order valence-electron chi connectivity index (χ1n) is 5.25. The summed E-state index contributed by atoms with van der Waals surface area (Å²) in [6.07, 6.45) is 6.16. The maximum atomic E-state index is 11.6. The van der Waals surface area contributed by atoms with E-state index in [0.717, 1.165) is 11.3 Å². The zero-order valence-corrected chi connectivity index (χ0v) is 10.7. The molecule has 0 saturated heterocycles. The number of amides is 1. The number of H-pyrrole nitrogens is 1. The molecule has 0 fully saturated rings. The van der Waals surface area contributed by atoms with Gasteiger partial charge in [-0.2, -0.15) is 10.2 Å². The molecule has 0 aliphatic carbocycles. The Hall–Kier alpha value is -2.08. The molecule has 2 heterocycles. The standard InChI is InChI=1S/C11H12ClN5O/c1-7-9(11(12)17(2)16-7)3-4-10(18)15-8-5-13-14-6-8/h3-6H,1-2H3,(H,13,14)(H,15,18)/b4-3+. The van der Waals surface area contributed by atoms with Crippen LogP contribution in [-0.2, 0) is 11.8 Å². The van der Waals surface area contributed by atoms with Gasteiger partial charge in [-0.1, -0.05) is 11.6 Å². The predicted octanol–water partition coefficient (Wildman–Crippen LogP) is 1.76. The van der Waals surface area contributed by atoms with Crippen LogP contribution in [0.25, 0.3) is 6.08 Å². The highest BCUT2D eigenvalue weighted by molar-refractivity contribution is 6.31. The van der Waals surface area contributed by atoms with Gasteiger partial charge in [0, 0.05) is 24.9 Å². The zero-order valence-electron chi connectivity index (χ0n) is 9.94. The van der Waals surface area contributed by atoms with Gasteiger partial charge in [0.05, 0.1) is 17.6 Å². The quantitative estimate of drug-likeness (QED) is 0.831.